The number of para-hydroxylation sites is 1. The monoisotopic (exact) mass is 279 g/mol. The van der Waals surface area contributed by atoms with Crippen LogP contribution in [0, 0.1) is 13.8 Å². The maximum Gasteiger partial charge on any atom is 0.128 e. The predicted octanol–water partition coefficient (Wildman–Crippen LogP) is 3.93. The first-order valence-corrected chi connectivity index (χ1v) is 6.79. The number of nitrogen functional groups attached to an aromatic ring is 1. The Hall–Kier alpha value is -2.59. The number of anilines is 1. The molecule has 0 atom stereocenters. The van der Waals surface area contributed by atoms with Crippen LogP contribution in [0.3, 0.4) is 0 Å². The molecule has 0 fully saturated rings. The zero-order valence-corrected chi connectivity index (χ0v) is 12.1. The van der Waals surface area contributed by atoms with Gasteiger partial charge in [-0.05, 0) is 49.7 Å². The molecular formula is C17H17N3O. The summed E-state index contributed by atoms with van der Waals surface area (Å²) in [5.41, 5.74) is 6.56. The first-order valence-electron chi connectivity index (χ1n) is 6.79. The van der Waals surface area contributed by atoms with Crippen molar-refractivity contribution in [3.8, 4) is 11.5 Å². The third-order valence-corrected chi connectivity index (χ3v) is 3.57. The minimum absolute atomic E-state index is 0.759. The molecule has 2 aromatic carbocycles. The molecule has 0 aliphatic rings. The molecular weight excluding hydrogens is 262 g/mol. The molecule has 3 aromatic rings. The lowest BCUT2D eigenvalue weighted by atomic mass is 10.1. The lowest BCUT2D eigenvalue weighted by Crippen LogP contribution is -2.10. The van der Waals surface area contributed by atoms with Crippen LogP contribution in [-0.4, -0.2) is 4.98 Å². The second-order valence-corrected chi connectivity index (χ2v) is 4.94. The summed E-state index contributed by atoms with van der Waals surface area (Å²) in [6.45, 7) is 3.98. The first kappa shape index (κ1) is 13.4. The van der Waals surface area contributed by atoms with Gasteiger partial charge in [-0.3, -0.25) is 10.8 Å². The molecule has 0 unspecified atom stereocenters. The van der Waals surface area contributed by atoms with Crippen LogP contribution in [0.4, 0.5) is 5.69 Å². The van der Waals surface area contributed by atoms with Gasteiger partial charge in [-0.1, -0.05) is 18.2 Å². The molecule has 0 spiro atoms. The molecule has 106 valence electrons. The van der Waals surface area contributed by atoms with Crippen LogP contribution in [0.2, 0.25) is 0 Å². The van der Waals surface area contributed by atoms with Crippen LogP contribution in [0.1, 0.15) is 11.3 Å². The van der Waals surface area contributed by atoms with Gasteiger partial charge in [0, 0.05) is 11.1 Å². The van der Waals surface area contributed by atoms with Gasteiger partial charge in [0.15, 0.2) is 0 Å². The molecule has 0 radical (unpaired) electrons. The Balaban J connectivity index is 2.09. The molecule has 3 rings (SSSR count). The summed E-state index contributed by atoms with van der Waals surface area (Å²) in [6, 6.07) is 15.5. The van der Waals surface area contributed by atoms with Crippen molar-refractivity contribution in [1.29, 1.82) is 0 Å². The van der Waals surface area contributed by atoms with Crippen LogP contribution >= 0.6 is 0 Å². The van der Waals surface area contributed by atoms with E-state index in [2.05, 4.69) is 10.4 Å². The number of hydrogen-bond acceptors (Lipinski definition) is 4. The number of hydrogen-bond donors (Lipinski definition) is 2. The SMILES string of the molecule is Cc1nc2ccc(Oc3ccccc3)cc2c(NN)c1C. The van der Waals surface area contributed by atoms with E-state index in [1.807, 2.05) is 62.4 Å². The van der Waals surface area contributed by atoms with Gasteiger partial charge in [0.1, 0.15) is 11.5 Å². The fourth-order valence-corrected chi connectivity index (χ4v) is 2.33. The van der Waals surface area contributed by atoms with E-state index >= 15 is 0 Å². The number of aryl methyl sites for hydroxylation is 1. The van der Waals surface area contributed by atoms with Gasteiger partial charge in [-0.25, -0.2) is 0 Å². The van der Waals surface area contributed by atoms with Crippen LogP contribution in [0.15, 0.2) is 48.5 Å². The Bertz CT molecular complexity index is 785. The average molecular weight is 279 g/mol. The molecule has 0 aliphatic carbocycles. The Morgan fingerprint density at radius 3 is 2.48 bits per heavy atom. The van der Waals surface area contributed by atoms with Gasteiger partial charge >= 0.3 is 0 Å². The van der Waals surface area contributed by atoms with Crippen molar-refractivity contribution in [2.75, 3.05) is 5.43 Å². The second kappa shape index (κ2) is 5.42. The zero-order chi connectivity index (χ0) is 14.8. The lowest BCUT2D eigenvalue weighted by molar-refractivity contribution is 0.483. The normalized spacial score (nSPS) is 10.6. The van der Waals surface area contributed by atoms with E-state index in [1.165, 1.54) is 0 Å². The van der Waals surface area contributed by atoms with Crippen molar-refractivity contribution in [2.45, 2.75) is 13.8 Å². The van der Waals surface area contributed by atoms with Crippen molar-refractivity contribution in [1.82, 2.24) is 4.98 Å². The van der Waals surface area contributed by atoms with Gasteiger partial charge in [-0.2, -0.15) is 0 Å². The standard InChI is InChI=1S/C17H17N3O/c1-11-12(2)19-16-9-8-14(10-15(16)17(11)20-18)21-13-6-4-3-5-7-13/h3-10H,18H2,1-2H3,(H,19,20). The summed E-state index contributed by atoms with van der Waals surface area (Å²) < 4.78 is 5.86. The van der Waals surface area contributed by atoms with E-state index < -0.39 is 0 Å². The van der Waals surface area contributed by atoms with Gasteiger partial charge in [0.05, 0.1) is 11.2 Å². The van der Waals surface area contributed by atoms with E-state index in [-0.39, 0.29) is 0 Å². The van der Waals surface area contributed by atoms with E-state index in [9.17, 15) is 0 Å². The maximum atomic E-state index is 5.86. The van der Waals surface area contributed by atoms with E-state index in [0.717, 1.165) is 39.3 Å². The molecule has 21 heavy (non-hydrogen) atoms. The molecule has 3 N–H and O–H groups in total. The highest BCUT2D eigenvalue weighted by Gasteiger charge is 2.09. The minimum atomic E-state index is 0.759. The second-order valence-electron chi connectivity index (χ2n) is 4.94. The largest absolute Gasteiger partial charge is 0.457 e. The number of hydrazine groups is 1. The van der Waals surface area contributed by atoms with Crippen molar-refractivity contribution >= 4 is 16.6 Å². The number of ether oxygens (including phenoxy) is 1. The highest BCUT2D eigenvalue weighted by molar-refractivity contribution is 5.94. The van der Waals surface area contributed by atoms with Crippen molar-refractivity contribution in [3.63, 3.8) is 0 Å². The highest BCUT2D eigenvalue weighted by atomic mass is 16.5. The number of fused-ring (bicyclic) bond motifs is 1. The molecule has 1 heterocycles. The molecule has 1 aromatic heterocycles. The number of aromatic nitrogens is 1. The van der Waals surface area contributed by atoms with E-state index in [4.69, 9.17) is 10.6 Å². The first-order chi connectivity index (χ1) is 10.2. The van der Waals surface area contributed by atoms with Crippen molar-refractivity contribution < 1.29 is 4.74 Å². The molecule has 4 nitrogen and oxygen atoms in total. The van der Waals surface area contributed by atoms with Gasteiger partial charge in [0.25, 0.3) is 0 Å². The number of benzene rings is 2. The average Bonchev–Trinajstić information content (AvgIpc) is 2.50. The topological polar surface area (TPSA) is 60.2 Å². The van der Waals surface area contributed by atoms with Gasteiger partial charge in [-0.15, -0.1) is 0 Å². The summed E-state index contributed by atoms with van der Waals surface area (Å²) in [5, 5.41) is 0.953. The number of pyridine rings is 1. The quantitative estimate of drug-likeness (QED) is 0.563. The van der Waals surface area contributed by atoms with Crippen LogP contribution in [0.25, 0.3) is 10.9 Å². The third-order valence-electron chi connectivity index (χ3n) is 3.57. The third kappa shape index (κ3) is 2.53. The lowest BCUT2D eigenvalue weighted by Gasteiger charge is -2.13. The van der Waals surface area contributed by atoms with Crippen molar-refractivity contribution in [3.05, 3.63) is 59.8 Å². The van der Waals surface area contributed by atoms with Crippen LogP contribution in [0.5, 0.6) is 11.5 Å². The Morgan fingerprint density at radius 1 is 1.00 bits per heavy atom. The molecule has 0 aliphatic heterocycles. The summed E-state index contributed by atoms with van der Waals surface area (Å²) in [5.74, 6) is 7.23. The predicted molar refractivity (Wildman–Crippen MR) is 85.5 cm³/mol. The Kier molecular flexibility index (Phi) is 3.46. The van der Waals surface area contributed by atoms with Crippen molar-refractivity contribution in [2.24, 2.45) is 5.84 Å². The summed E-state index contributed by atoms with van der Waals surface area (Å²) in [6.07, 6.45) is 0. The van der Waals surface area contributed by atoms with E-state index in [1.54, 1.807) is 0 Å². The molecule has 0 amide bonds. The molecule has 4 heteroatoms. The summed E-state index contributed by atoms with van der Waals surface area (Å²) >= 11 is 0. The van der Waals surface area contributed by atoms with E-state index in [0.29, 0.717) is 0 Å². The molecule has 0 saturated carbocycles. The molecule has 0 saturated heterocycles. The Morgan fingerprint density at radius 2 is 1.76 bits per heavy atom. The fourth-order valence-electron chi connectivity index (χ4n) is 2.33. The number of nitrogens with zero attached hydrogens (tertiary/aromatic N) is 1. The smallest absolute Gasteiger partial charge is 0.128 e. The van der Waals surface area contributed by atoms with Gasteiger partial charge in [0.2, 0.25) is 0 Å². The summed E-state index contributed by atoms with van der Waals surface area (Å²) in [7, 11) is 0. The number of rotatable bonds is 3. The number of nitrogens with one attached hydrogen (secondary N) is 1. The van der Waals surface area contributed by atoms with Gasteiger partial charge < -0.3 is 10.2 Å². The Labute approximate surface area is 123 Å². The minimum Gasteiger partial charge on any atom is -0.457 e. The van der Waals surface area contributed by atoms with Crippen LogP contribution in [-0.2, 0) is 0 Å². The van der Waals surface area contributed by atoms with Crippen LogP contribution < -0.4 is 16.0 Å². The highest BCUT2D eigenvalue weighted by Crippen LogP contribution is 2.31. The maximum absolute atomic E-state index is 5.86. The summed E-state index contributed by atoms with van der Waals surface area (Å²) in [4.78, 5) is 4.58. The molecule has 0 bridgehead atoms. The number of nitrogens with two attached hydrogens (primary N) is 1. The zero-order valence-electron chi connectivity index (χ0n) is 12.1. The fraction of sp³-hybridized carbons (Fsp3) is 0.118.